The summed E-state index contributed by atoms with van der Waals surface area (Å²) in [5.74, 6) is 3.21. The van der Waals surface area contributed by atoms with Gasteiger partial charge in [-0.05, 0) is 143 Å². The van der Waals surface area contributed by atoms with Crippen LogP contribution in [-0.4, -0.2) is 19.9 Å². The van der Waals surface area contributed by atoms with Gasteiger partial charge in [0.25, 0.3) is 6.71 Å². The van der Waals surface area contributed by atoms with Crippen LogP contribution in [0.4, 0.5) is 34.1 Å². The highest BCUT2D eigenvalue weighted by molar-refractivity contribution is 7.00. The number of rotatable bonds is 4. The van der Waals surface area contributed by atoms with Crippen LogP contribution in [0, 0.1) is 20.8 Å². The predicted molar refractivity (Wildman–Crippen MR) is 278 cm³/mol. The molecule has 0 saturated heterocycles. The van der Waals surface area contributed by atoms with Crippen molar-refractivity contribution in [3.63, 3.8) is 0 Å². The van der Waals surface area contributed by atoms with Crippen molar-refractivity contribution in [1.82, 2.24) is 0 Å². The van der Waals surface area contributed by atoms with Crippen LogP contribution in [0.2, 0.25) is 0 Å². The maximum atomic E-state index is 6.86. The molecule has 9 aromatic rings. The normalized spacial score (nSPS) is 14.3. The van der Waals surface area contributed by atoms with E-state index in [0.717, 1.165) is 96.5 Å². The molecule has 3 aliphatic heterocycles. The number of hydrogen-bond donors (Lipinski definition) is 0. The maximum Gasteiger partial charge on any atom is 0.252 e. The molecular formula is C60H55BN2O4. The van der Waals surface area contributed by atoms with Crippen LogP contribution in [0.25, 0.3) is 44.6 Å². The molecular weight excluding hydrogens is 823 g/mol. The number of nitrogens with zero attached hydrogens (tertiary/aromatic N) is 2. The zero-order chi connectivity index (χ0) is 46.1. The molecule has 12 rings (SSSR count). The van der Waals surface area contributed by atoms with Gasteiger partial charge in [-0.15, -0.1) is 0 Å². The molecule has 0 fully saturated rings. The summed E-state index contributed by atoms with van der Waals surface area (Å²) in [6.07, 6.45) is 0.820. The van der Waals surface area contributed by atoms with Gasteiger partial charge in [-0.25, -0.2) is 0 Å². The Morgan fingerprint density at radius 2 is 1.10 bits per heavy atom. The lowest BCUT2D eigenvalue weighted by Gasteiger charge is -2.45. The average molecular weight is 879 g/mol. The first-order valence-corrected chi connectivity index (χ1v) is 23.8. The topological polar surface area (TPSA) is 51.2 Å². The van der Waals surface area contributed by atoms with E-state index in [1.165, 1.54) is 44.3 Å². The van der Waals surface area contributed by atoms with Gasteiger partial charge < -0.3 is 28.1 Å². The Bertz CT molecular complexity index is 3310. The number of ether oxygens (including phenoxy) is 2. The minimum atomic E-state index is -0.106. The lowest BCUT2D eigenvalue weighted by atomic mass is 9.33. The summed E-state index contributed by atoms with van der Waals surface area (Å²) in [6.45, 7) is 21.7. The van der Waals surface area contributed by atoms with Crippen molar-refractivity contribution >= 4 is 79.2 Å². The van der Waals surface area contributed by atoms with Gasteiger partial charge in [0.05, 0.1) is 24.6 Å². The summed E-state index contributed by atoms with van der Waals surface area (Å²) in [5.41, 5.74) is 20.1. The Labute approximate surface area is 393 Å². The van der Waals surface area contributed by atoms with Gasteiger partial charge in [0.2, 0.25) is 0 Å². The zero-order valence-electron chi connectivity index (χ0n) is 39.9. The number of aryl methyl sites for hydroxylation is 3. The molecule has 0 spiro atoms. The van der Waals surface area contributed by atoms with E-state index >= 15 is 0 Å². The second kappa shape index (κ2) is 14.9. The molecule has 0 saturated carbocycles. The van der Waals surface area contributed by atoms with Gasteiger partial charge in [0.1, 0.15) is 22.7 Å². The Morgan fingerprint density at radius 1 is 0.507 bits per heavy atom. The van der Waals surface area contributed by atoms with Gasteiger partial charge in [0, 0.05) is 51.1 Å². The molecule has 67 heavy (non-hydrogen) atoms. The molecule has 0 N–H and O–H groups in total. The Balaban J connectivity index is 1.17. The minimum Gasteiger partial charge on any atom is -0.489 e. The summed E-state index contributed by atoms with van der Waals surface area (Å²) in [7, 11) is 0. The van der Waals surface area contributed by atoms with Gasteiger partial charge >= 0.3 is 0 Å². The molecule has 5 heterocycles. The average Bonchev–Trinajstić information content (AvgIpc) is 3.86. The first-order chi connectivity index (χ1) is 32.2. The van der Waals surface area contributed by atoms with Crippen molar-refractivity contribution in [1.29, 1.82) is 0 Å². The summed E-state index contributed by atoms with van der Waals surface area (Å²) in [6, 6.07) is 48.7. The second-order valence-corrected chi connectivity index (χ2v) is 21.0. The summed E-state index contributed by atoms with van der Waals surface area (Å²) in [5, 5.41) is 2.13. The molecule has 332 valence electrons. The number of anilines is 6. The van der Waals surface area contributed by atoms with E-state index in [1.54, 1.807) is 0 Å². The number of fused-ring (bicyclic) bond motifs is 8. The Morgan fingerprint density at radius 3 is 1.72 bits per heavy atom. The monoisotopic (exact) mass is 878 g/mol. The second-order valence-electron chi connectivity index (χ2n) is 21.0. The fourth-order valence-electron chi connectivity index (χ4n) is 10.8. The standard InChI is InChI=1S/C60H55BN2O4/c1-35-25-48-55-49(26-35)63(56-36(2)27-43(28-37(56)3)60(7,8)9)57-45(20-22-52-58(57)65-24-14-23-64-52)61(55)46-34-42(59(4,5)6)19-21-47(46)62(48)44-30-40(53-32-38-15-10-12-17-50(38)66-53)29-41(31-44)54-33-39-16-11-13-18-51(39)67-54/h10-13,15-22,25-34H,14,23-24H2,1-9H3. The Kier molecular flexibility index (Phi) is 9.22. The molecule has 7 aromatic carbocycles. The lowest BCUT2D eigenvalue weighted by molar-refractivity contribution is 0.297. The zero-order valence-corrected chi connectivity index (χ0v) is 39.9. The quantitative estimate of drug-likeness (QED) is 0.164. The lowest BCUT2D eigenvalue weighted by Crippen LogP contribution is -2.61. The highest BCUT2D eigenvalue weighted by atomic mass is 16.5. The van der Waals surface area contributed by atoms with Gasteiger partial charge in [-0.2, -0.15) is 0 Å². The molecule has 0 radical (unpaired) electrons. The molecule has 2 aromatic heterocycles. The number of benzene rings is 7. The van der Waals surface area contributed by atoms with Crippen molar-refractivity contribution in [3.05, 3.63) is 161 Å². The first-order valence-electron chi connectivity index (χ1n) is 23.8. The van der Waals surface area contributed by atoms with Crippen molar-refractivity contribution in [2.45, 2.75) is 79.6 Å². The Hall–Kier alpha value is -7.12. The molecule has 7 heteroatoms. The molecule has 3 aliphatic rings. The van der Waals surface area contributed by atoms with Crippen molar-refractivity contribution < 1.29 is 18.3 Å². The molecule has 0 amide bonds. The third-order valence-electron chi connectivity index (χ3n) is 14.1. The number of hydrogen-bond acceptors (Lipinski definition) is 6. The highest BCUT2D eigenvalue weighted by Gasteiger charge is 2.46. The van der Waals surface area contributed by atoms with E-state index in [1.807, 2.05) is 24.3 Å². The SMILES string of the molecule is Cc1cc2c3c(c1)N(c1c(C)cc(C(C)(C)C)cc1C)c1c(ccc4c1OCCCO4)B3c1cc(C(C)(C)C)ccc1N2c1cc(-c2cc3ccccc3o2)cc(-c2cc3ccccc3o2)c1. The van der Waals surface area contributed by atoms with E-state index in [9.17, 15) is 0 Å². The van der Waals surface area contributed by atoms with Crippen LogP contribution in [-0.2, 0) is 10.8 Å². The molecule has 0 bridgehead atoms. The van der Waals surface area contributed by atoms with Gasteiger partial charge in [-0.1, -0.05) is 108 Å². The van der Waals surface area contributed by atoms with Crippen LogP contribution >= 0.6 is 0 Å². The van der Waals surface area contributed by atoms with E-state index in [0.29, 0.717) is 13.2 Å². The van der Waals surface area contributed by atoms with Crippen LogP contribution in [0.1, 0.15) is 75.8 Å². The van der Waals surface area contributed by atoms with Crippen LogP contribution in [0.3, 0.4) is 0 Å². The van der Waals surface area contributed by atoms with E-state index < -0.39 is 0 Å². The third kappa shape index (κ3) is 6.68. The molecule has 0 unspecified atom stereocenters. The first kappa shape index (κ1) is 41.3. The van der Waals surface area contributed by atoms with Crippen molar-refractivity contribution in [2.75, 3.05) is 23.0 Å². The molecule has 6 nitrogen and oxygen atoms in total. The van der Waals surface area contributed by atoms with E-state index in [2.05, 4.69) is 181 Å². The fourth-order valence-corrected chi connectivity index (χ4v) is 10.8. The van der Waals surface area contributed by atoms with E-state index in [4.69, 9.17) is 18.3 Å². The largest absolute Gasteiger partial charge is 0.489 e. The number of furan rings is 2. The molecule has 0 aliphatic carbocycles. The van der Waals surface area contributed by atoms with Gasteiger partial charge in [0.15, 0.2) is 11.5 Å². The van der Waals surface area contributed by atoms with E-state index in [-0.39, 0.29) is 17.5 Å². The minimum absolute atomic E-state index is 0.0113. The third-order valence-corrected chi connectivity index (χ3v) is 14.1. The summed E-state index contributed by atoms with van der Waals surface area (Å²) < 4.78 is 26.7. The smallest absolute Gasteiger partial charge is 0.252 e. The highest BCUT2D eigenvalue weighted by Crippen LogP contribution is 2.52. The molecule has 0 atom stereocenters. The predicted octanol–water partition coefficient (Wildman–Crippen LogP) is 14.3. The fraction of sp³-hybridized carbons (Fsp3) is 0.233. The van der Waals surface area contributed by atoms with Crippen LogP contribution in [0.5, 0.6) is 11.5 Å². The number of para-hydroxylation sites is 2. The van der Waals surface area contributed by atoms with Crippen molar-refractivity contribution in [2.24, 2.45) is 0 Å². The maximum absolute atomic E-state index is 6.86. The summed E-state index contributed by atoms with van der Waals surface area (Å²) >= 11 is 0. The van der Waals surface area contributed by atoms with Crippen molar-refractivity contribution in [3.8, 4) is 34.1 Å². The van der Waals surface area contributed by atoms with Gasteiger partial charge in [-0.3, -0.25) is 0 Å². The van der Waals surface area contributed by atoms with Crippen LogP contribution < -0.4 is 35.7 Å². The van der Waals surface area contributed by atoms with Crippen LogP contribution in [0.15, 0.2) is 142 Å². The summed E-state index contributed by atoms with van der Waals surface area (Å²) in [4.78, 5) is 5.01.